The first kappa shape index (κ1) is 33.0. The molecule has 0 radical (unpaired) electrons. The fraction of sp³-hybridized carbons (Fsp3) is 0.459. The zero-order valence-corrected chi connectivity index (χ0v) is 28.9. The number of carbonyl (C=O) groups excluding carboxylic acids is 1. The summed E-state index contributed by atoms with van der Waals surface area (Å²) in [5.74, 6) is 0.885. The highest BCUT2D eigenvalue weighted by Crippen LogP contribution is 2.40. The van der Waals surface area contributed by atoms with Crippen LogP contribution in [0.4, 0.5) is 23.0 Å². The van der Waals surface area contributed by atoms with Gasteiger partial charge in [0.2, 0.25) is 0 Å². The number of pyridine rings is 3. The van der Waals surface area contributed by atoms with Crippen LogP contribution >= 0.6 is 0 Å². The lowest BCUT2D eigenvalue weighted by Crippen LogP contribution is -2.47. The summed E-state index contributed by atoms with van der Waals surface area (Å²) in [7, 11) is 1.70. The lowest BCUT2D eigenvalue weighted by Gasteiger charge is -2.35. The summed E-state index contributed by atoms with van der Waals surface area (Å²) in [6.45, 7) is 13.6. The van der Waals surface area contributed by atoms with Crippen LogP contribution in [0.3, 0.4) is 0 Å². The van der Waals surface area contributed by atoms with Crippen LogP contribution in [0.15, 0.2) is 53.7 Å². The number of amides is 1. The largest absolute Gasteiger partial charge is 0.392 e. The van der Waals surface area contributed by atoms with Gasteiger partial charge in [0, 0.05) is 88.7 Å². The second-order valence-corrected chi connectivity index (χ2v) is 14.1. The maximum absolute atomic E-state index is 13.9. The number of hydrogen-bond acceptors (Lipinski definition) is 9. The lowest BCUT2D eigenvalue weighted by molar-refractivity contribution is 0.0962. The molecule has 1 fully saturated rings. The average Bonchev–Trinajstić information content (AvgIpc) is 3.59. The van der Waals surface area contributed by atoms with E-state index in [1.54, 1.807) is 30.4 Å². The molecule has 1 saturated heterocycles. The Morgan fingerprint density at radius 3 is 2.55 bits per heavy atom. The molecule has 0 saturated carbocycles. The van der Waals surface area contributed by atoms with E-state index in [-0.39, 0.29) is 23.5 Å². The van der Waals surface area contributed by atoms with Gasteiger partial charge in [0.15, 0.2) is 0 Å². The number of aryl methyl sites for hydroxylation is 1. The standard InChI is InChI=1S/C37H46N8O4/c1-5-49-17-16-42-10-12-43(13-11-42)27-6-7-33(39-22-27)40-30-18-26(23-41(4)35(30)47)28-8-9-38-34(29(28)24-46)45-15-14-44-31(36(45)48)19-25-20-37(2,3)21-32(25)44/h6-9,18-19,22-23,46H,5,10-17,20-21,24H2,1-4H3,(H,39,40). The zero-order chi connectivity index (χ0) is 34.3. The van der Waals surface area contributed by atoms with Crippen molar-refractivity contribution in [3.8, 4) is 11.1 Å². The van der Waals surface area contributed by atoms with Gasteiger partial charge in [-0.3, -0.25) is 19.4 Å². The lowest BCUT2D eigenvalue weighted by atomic mass is 9.90. The van der Waals surface area contributed by atoms with E-state index in [0.717, 1.165) is 64.5 Å². The smallest absolute Gasteiger partial charge is 0.276 e. The number of anilines is 4. The molecule has 12 heteroatoms. The molecule has 2 N–H and O–H groups in total. The van der Waals surface area contributed by atoms with E-state index >= 15 is 0 Å². The summed E-state index contributed by atoms with van der Waals surface area (Å²) in [4.78, 5) is 42.8. The third-order valence-corrected chi connectivity index (χ3v) is 10.1. The molecule has 1 amide bonds. The maximum atomic E-state index is 13.9. The van der Waals surface area contributed by atoms with Crippen molar-refractivity contribution in [3.63, 3.8) is 0 Å². The van der Waals surface area contributed by atoms with Crippen LogP contribution in [0.25, 0.3) is 11.1 Å². The molecule has 0 aromatic carbocycles. The Balaban J connectivity index is 1.10. The third-order valence-electron chi connectivity index (χ3n) is 10.1. The van der Waals surface area contributed by atoms with E-state index in [2.05, 4.69) is 43.5 Å². The second kappa shape index (κ2) is 13.4. The molecule has 1 aliphatic carbocycles. The average molecular weight is 667 g/mol. The van der Waals surface area contributed by atoms with E-state index in [4.69, 9.17) is 4.74 Å². The number of aliphatic hydroxyl groups excluding tert-OH is 1. The number of rotatable bonds is 10. The molecule has 7 rings (SSSR count). The highest BCUT2D eigenvalue weighted by atomic mass is 16.5. The van der Waals surface area contributed by atoms with Crippen LogP contribution in [-0.4, -0.2) is 87.5 Å². The Morgan fingerprint density at radius 2 is 1.82 bits per heavy atom. The number of hydrogen-bond donors (Lipinski definition) is 2. The molecule has 2 aliphatic heterocycles. The van der Waals surface area contributed by atoms with Crippen LogP contribution in [-0.2, 0) is 37.8 Å². The minimum absolute atomic E-state index is 0.112. The van der Waals surface area contributed by atoms with Crippen molar-refractivity contribution in [1.29, 1.82) is 0 Å². The predicted octanol–water partition coefficient (Wildman–Crippen LogP) is 3.82. The van der Waals surface area contributed by atoms with E-state index in [1.165, 1.54) is 15.8 Å². The highest BCUT2D eigenvalue weighted by Gasteiger charge is 2.37. The highest BCUT2D eigenvalue weighted by molar-refractivity contribution is 6.06. The summed E-state index contributed by atoms with van der Waals surface area (Å²) >= 11 is 0. The Labute approximate surface area is 287 Å². The Hall–Kier alpha value is -4.52. The van der Waals surface area contributed by atoms with Gasteiger partial charge >= 0.3 is 0 Å². The van der Waals surface area contributed by atoms with Crippen molar-refractivity contribution in [2.24, 2.45) is 12.5 Å². The summed E-state index contributed by atoms with van der Waals surface area (Å²) in [5.41, 5.74) is 6.54. The van der Waals surface area contributed by atoms with E-state index in [0.29, 0.717) is 52.8 Å². The Bertz CT molecular complexity index is 1910. The minimum atomic E-state index is -0.316. The first-order valence-corrected chi connectivity index (χ1v) is 17.3. The first-order valence-electron chi connectivity index (χ1n) is 17.3. The number of carbonyl (C=O) groups is 1. The van der Waals surface area contributed by atoms with Gasteiger partial charge in [0.1, 0.15) is 23.0 Å². The van der Waals surface area contributed by atoms with Crippen molar-refractivity contribution >= 4 is 28.9 Å². The SMILES string of the molecule is CCOCCN1CCN(c2ccc(Nc3cc(-c4ccnc(N5CCn6c(cc7c6CC(C)(C)C7)C5=O)c4CO)cn(C)c3=O)nc2)CC1. The number of aromatic nitrogens is 4. The van der Waals surface area contributed by atoms with Gasteiger partial charge in [-0.15, -0.1) is 0 Å². The molecule has 6 heterocycles. The molecule has 258 valence electrons. The van der Waals surface area contributed by atoms with Gasteiger partial charge in [0.05, 0.1) is 25.1 Å². The van der Waals surface area contributed by atoms with Gasteiger partial charge in [-0.2, -0.15) is 0 Å². The topological polar surface area (TPSA) is 121 Å². The van der Waals surface area contributed by atoms with Gasteiger partial charge in [-0.25, -0.2) is 9.97 Å². The molecule has 4 aromatic heterocycles. The van der Waals surface area contributed by atoms with Gasteiger partial charge < -0.3 is 29.2 Å². The molecule has 0 unspecified atom stereocenters. The van der Waals surface area contributed by atoms with Crippen molar-refractivity contribution in [1.82, 2.24) is 24.0 Å². The molecule has 4 aromatic rings. The zero-order valence-electron chi connectivity index (χ0n) is 28.9. The van der Waals surface area contributed by atoms with Crippen molar-refractivity contribution in [2.75, 3.05) is 67.6 Å². The monoisotopic (exact) mass is 666 g/mol. The molecule has 0 atom stereocenters. The van der Waals surface area contributed by atoms with Crippen molar-refractivity contribution in [2.45, 2.75) is 46.8 Å². The second-order valence-electron chi connectivity index (χ2n) is 14.1. The number of ether oxygens (including phenoxy) is 1. The fourth-order valence-corrected chi connectivity index (χ4v) is 7.55. The van der Waals surface area contributed by atoms with Crippen LogP contribution in [0, 0.1) is 5.41 Å². The molecule has 49 heavy (non-hydrogen) atoms. The number of nitrogens with one attached hydrogen (secondary N) is 1. The quantitative estimate of drug-likeness (QED) is 0.244. The minimum Gasteiger partial charge on any atom is -0.392 e. The van der Waals surface area contributed by atoms with Crippen LogP contribution < -0.4 is 20.7 Å². The van der Waals surface area contributed by atoms with Gasteiger partial charge in [0.25, 0.3) is 11.5 Å². The molecular formula is C37H46N8O4. The summed E-state index contributed by atoms with van der Waals surface area (Å²) in [6, 6.07) is 9.54. The van der Waals surface area contributed by atoms with E-state index in [1.807, 2.05) is 37.4 Å². The summed E-state index contributed by atoms with van der Waals surface area (Å²) in [6.07, 6.45) is 7.16. The number of aliphatic hydroxyl groups is 1. The molecule has 0 spiro atoms. The number of nitrogens with zero attached hydrogens (tertiary/aromatic N) is 7. The van der Waals surface area contributed by atoms with Crippen molar-refractivity contribution in [3.05, 3.63) is 81.8 Å². The number of piperazine rings is 1. The maximum Gasteiger partial charge on any atom is 0.276 e. The van der Waals surface area contributed by atoms with Crippen LogP contribution in [0.1, 0.15) is 48.1 Å². The predicted molar refractivity (Wildman–Crippen MR) is 191 cm³/mol. The molecular weight excluding hydrogens is 620 g/mol. The number of fused-ring (bicyclic) bond motifs is 3. The molecule has 3 aliphatic rings. The Morgan fingerprint density at radius 1 is 1.00 bits per heavy atom. The van der Waals surface area contributed by atoms with E-state index in [9.17, 15) is 14.7 Å². The summed E-state index contributed by atoms with van der Waals surface area (Å²) in [5, 5.41) is 13.9. The Kier molecular flexibility index (Phi) is 9.03. The van der Waals surface area contributed by atoms with Gasteiger partial charge in [-0.05, 0) is 66.6 Å². The van der Waals surface area contributed by atoms with Crippen LogP contribution in [0.2, 0.25) is 0 Å². The summed E-state index contributed by atoms with van der Waals surface area (Å²) < 4.78 is 9.19. The van der Waals surface area contributed by atoms with E-state index < -0.39 is 0 Å². The molecule has 12 nitrogen and oxygen atoms in total. The molecule has 0 bridgehead atoms. The van der Waals surface area contributed by atoms with Crippen LogP contribution in [0.5, 0.6) is 0 Å². The van der Waals surface area contributed by atoms with Gasteiger partial charge in [-0.1, -0.05) is 13.8 Å². The van der Waals surface area contributed by atoms with Crippen molar-refractivity contribution < 1.29 is 14.6 Å². The fourth-order valence-electron chi connectivity index (χ4n) is 7.55. The first-order chi connectivity index (χ1) is 23.7. The third kappa shape index (κ3) is 6.48. The normalized spacial score (nSPS) is 17.4.